The van der Waals surface area contributed by atoms with Crippen molar-refractivity contribution in [3.63, 3.8) is 0 Å². The van der Waals surface area contributed by atoms with Crippen LogP contribution in [0, 0.1) is 11.3 Å². The minimum Gasteiger partial charge on any atom is -0.467 e. The molecule has 7 nitrogen and oxygen atoms in total. The van der Waals surface area contributed by atoms with E-state index in [0.717, 1.165) is 5.56 Å². The Balaban J connectivity index is 1.46. The van der Waals surface area contributed by atoms with Gasteiger partial charge in [0.1, 0.15) is 23.9 Å². The van der Waals surface area contributed by atoms with Gasteiger partial charge in [0.25, 0.3) is 0 Å². The second-order valence-corrected chi connectivity index (χ2v) is 9.32. The van der Waals surface area contributed by atoms with Gasteiger partial charge in [0.05, 0.1) is 11.0 Å². The molecule has 7 heteroatoms. The lowest BCUT2D eigenvalue weighted by atomic mass is 9.70. The van der Waals surface area contributed by atoms with E-state index in [1.807, 2.05) is 50.3 Å². The Hall–Kier alpha value is -3.32. The summed E-state index contributed by atoms with van der Waals surface area (Å²) in [6, 6.07) is 9.63. The van der Waals surface area contributed by atoms with Gasteiger partial charge >= 0.3 is 6.09 Å². The number of hydrogen-bond donors (Lipinski definition) is 0. The van der Waals surface area contributed by atoms with E-state index in [9.17, 15) is 9.59 Å². The predicted octanol–water partition coefficient (Wildman–Crippen LogP) is 5.26. The van der Waals surface area contributed by atoms with Crippen LogP contribution >= 0.6 is 0 Å². The fourth-order valence-corrected chi connectivity index (χ4v) is 4.96. The van der Waals surface area contributed by atoms with E-state index < -0.39 is 5.41 Å². The summed E-state index contributed by atoms with van der Waals surface area (Å²) in [5.74, 6) is 1.97. The number of likely N-dealkylation sites (tertiary alicyclic amines) is 1. The molecule has 1 aromatic carbocycles. The van der Waals surface area contributed by atoms with Gasteiger partial charge in [-0.25, -0.2) is 4.79 Å². The summed E-state index contributed by atoms with van der Waals surface area (Å²) in [4.78, 5) is 27.8. The minimum atomic E-state index is -0.793. The van der Waals surface area contributed by atoms with Gasteiger partial charge in [0.2, 0.25) is 0 Å². The zero-order valence-electron chi connectivity index (χ0n) is 20.7. The van der Waals surface area contributed by atoms with E-state index in [1.54, 1.807) is 18.1 Å². The topological polar surface area (TPSA) is 74.3 Å². The first kappa shape index (κ1) is 24.8. The first-order chi connectivity index (χ1) is 16.9. The molecule has 1 aromatic rings. The monoisotopic (exact) mass is 479 g/mol. The average Bonchev–Trinajstić information content (AvgIpc) is 2.89. The number of amides is 1. The van der Waals surface area contributed by atoms with Crippen LogP contribution in [0.15, 0.2) is 77.5 Å². The van der Waals surface area contributed by atoms with Crippen LogP contribution in [0.25, 0.3) is 0 Å². The molecular weight excluding hydrogens is 446 g/mol. The number of carbonyl (C=O) groups is 2. The molecule has 0 bridgehead atoms. The second-order valence-electron chi connectivity index (χ2n) is 9.32. The normalized spacial score (nSPS) is 22.9. The number of methoxy groups -OCH3 is 1. The number of Topliss-reactive ketones (excluding diaryl/α,β-unsaturated/α-hetero) is 1. The summed E-state index contributed by atoms with van der Waals surface area (Å²) in [5.41, 5.74) is 1.49. The summed E-state index contributed by atoms with van der Waals surface area (Å²) in [6.45, 7) is 9.11. The first-order valence-corrected chi connectivity index (χ1v) is 12.0. The molecule has 0 N–H and O–H groups in total. The summed E-state index contributed by atoms with van der Waals surface area (Å²) in [7, 11) is 1.56. The van der Waals surface area contributed by atoms with Crippen molar-refractivity contribution in [3.8, 4) is 0 Å². The summed E-state index contributed by atoms with van der Waals surface area (Å²) in [5, 5.41) is 0. The van der Waals surface area contributed by atoms with Crippen molar-refractivity contribution >= 4 is 11.9 Å². The summed E-state index contributed by atoms with van der Waals surface area (Å²) in [6.07, 6.45) is 5.12. The Kier molecular flexibility index (Phi) is 7.45. The molecular formula is C28H33NO6. The molecule has 1 unspecified atom stereocenters. The Labute approximate surface area is 206 Å². The number of carbonyl (C=O) groups excluding carboxylic acids is 2. The summed E-state index contributed by atoms with van der Waals surface area (Å²) < 4.78 is 22.7. The van der Waals surface area contributed by atoms with Crippen LogP contribution < -0.4 is 0 Å². The quantitative estimate of drug-likeness (QED) is 0.497. The third-order valence-electron chi connectivity index (χ3n) is 7.00. The van der Waals surface area contributed by atoms with Crippen molar-refractivity contribution in [3.05, 3.63) is 83.0 Å². The Morgan fingerprint density at radius 3 is 2.63 bits per heavy atom. The van der Waals surface area contributed by atoms with E-state index in [4.69, 9.17) is 18.9 Å². The van der Waals surface area contributed by atoms with Crippen molar-refractivity contribution in [2.75, 3.05) is 27.0 Å². The molecule has 1 saturated heterocycles. The van der Waals surface area contributed by atoms with Crippen molar-refractivity contribution in [1.82, 2.24) is 4.90 Å². The SMILES string of the molecule is C=CC1=C2OC(C3CCN(C(=O)OCc4ccccc4)CC3)=C(C)C(=O)C2(C)CC=C1OCOC. The third-order valence-corrected chi connectivity index (χ3v) is 7.00. The summed E-state index contributed by atoms with van der Waals surface area (Å²) >= 11 is 0. The van der Waals surface area contributed by atoms with Crippen molar-refractivity contribution < 1.29 is 28.5 Å². The standard InChI is InChI=1S/C28H33NO6/c1-5-22-23(34-18-32-4)11-14-28(3)25(30)19(2)24(35-26(22)28)21-12-15-29(16-13-21)27(31)33-17-20-9-7-6-8-10-20/h5-11,21H,1,12-18H2,2-4H3. The lowest BCUT2D eigenvalue weighted by Crippen LogP contribution is -2.42. The van der Waals surface area contributed by atoms with Crippen LogP contribution in [-0.4, -0.2) is 43.8 Å². The molecule has 0 aromatic heterocycles. The molecule has 1 aliphatic carbocycles. The van der Waals surface area contributed by atoms with Crippen LogP contribution in [-0.2, 0) is 30.3 Å². The smallest absolute Gasteiger partial charge is 0.410 e. The molecule has 35 heavy (non-hydrogen) atoms. The number of ether oxygens (including phenoxy) is 4. The molecule has 0 radical (unpaired) electrons. The van der Waals surface area contributed by atoms with E-state index in [1.165, 1.54) is 0 Å². The van der Waals surface area contributed by atoms with Gasteiger partial charge in [0, 0.05) is 31.7 Å². The van der Waals surface area contributed by atoms with Crippen LogP contribution in [0.4, 0.5) is 4.79 Å². The molecule has 3 aliphatic rings. The maximum atomic E-state index is 13.5. The van der Waals surface area contributed by atoms with Crippen molar-refractivity contribution in [1.29, 1.82) is 0 Å². The van der Waals surface area contributed by atoms with Crippen LogP contribution in [0.1, 0.15) is 38.7 Å². The van der Waals surface area contributed by atoms with E-state index in [-0.39, 0.29) is 31.2 Å². The fourth-order valence-electron chi connectivity index (χ4n) is 4.96. The van der Waals surface area contributed by atoms with Gasteiger partial charge in [0.15, 0.2) is 12.6 Å². The molecule has 0 saturated carbocycles. The Morgan fingerprint density at radius 1 is 1.26 bits per heavy atom. The second kappa shape index (κ2) is 10.5. The van der Waals surface area contributed by atoms with Gasteiger partial charge in [-0.3, -0.25) is 4.79 Å². The zero-order valence-corrected chi connectivity index (χ0v) is 20.7. The van der Waals surface area contributed by atoms with E-state index in [2.05, 4.69) is 6.58 Å². The zero-order chi connectivity index (χ0) is 25.0. The highest BCUT2D eigenvalue weighted by Gasteiger charge is 2.48. The maximum absolute atomic E-state index is 13.5. The Morgan fingerprint density at radius 2 is 1.97 bits per heavy atom. The van der Waals surface area contributed by atoms with Gasteiger partial charge < -0.3 is 23.8 Å². The fraction of sp³-hybridized carbons (Fsp3) is 0.429. The number of benzene rings is 1. The lowest BCUT2D eigenvalue weighted by Gasteiger charge is -2.42. The van der Waals surface area contributed by atoms with Crippen molar-refractivity contribution in [2.45, 2.75) is 39.7 Å². The number of rotatable bonds is 7. The van der Waals surface area contributed by atoms with Crippen molar-refractivity contribution in [2.24, 2.45) is 11.3 Å². The molecule has 2 aliphatic heterocycles. The highest BCUT2D eigenvalue weighted by atomic mass is 16.7. The highest BCUT2D eigenvalue weighted by molar-refractivity contribution is 6.03. The minimum absolute atomic E-state index is 0.0366. The maximum Gasteiger partial charge on any atom is 0.410 e. The number of nitrogens with zero attached hydrogens (tertiary/aromatic N) is 1. The molecule has 0 spiro atoms. The van der Waals surface area contributed by atoms with E-state index in [0.29, 0.717) is 60.8 Å². The van der Waals surface area contributed by atoms with Gasteiger partial charge in [-0.15, -0.1) is 0 Å². The Bertz CT molecular complexity index is 1080. The third kappa shape index (κ3) is 4.91. The average molecular weight is 480 g/mol. The largest absolute Gasteiger partial charge is 0.467 e. The van der Waals surface area contributed by atoms with Crippen LogP contribution in [0.2, 0.25) is 0 Å². The van der Waals surface area contributed by atoms with Crippen LogP contribution in [0.3, 0.4) is 0 Å². The molecule has 1 atom stereocenters. The number of fused-ring (bicyclic) bond motifs is 1. The molecule has 2 heterocycles. The molecule has 186 valence electrons. The first-order valence-electron chi connectivity index (χ1n) is 12.0. The lowest BCUT2D eigenvalue weighted by molar-refractivity contribution is -0.126. The molecule has 1 amide bonds. The number of ketones is 1. The van der Waals surface area contributed by atoms with E-state index >= 15 is 0 Å². The molecule has 4 rings (SSSR count). The van der Waals surface area contributed by atoms with Gasteiger partial charge in [-0.1, -0.05) is 43.0 Å². The molecule has 1 fully saturated rings. The number of allylic oxidation sites excluding steroid dienone is 5. The number of piperidine rings is 1. The van der Waals surface area contributed by atoms with Gasteiger partial charge in [-0.05, 0) is 44.7 Å². The number of hydrogen-bond acceptors (Lipinski definition) is 6. The van der Waals surface area contributed by atoms with Gasteiger partial charge in [-0.2, -0.15) is 0 Å². The predicted molar refractivity (Wildman–Crippen MR) is 131 cm³/mol. The van der Waals surface area contributed by atoms with Crippen LogP contribution in [0.5, 0.6) is 0 Å². The highest BCUT2D eigenvalue weighted by Crippen LogP contribution is 2.49.